The maximum absolute atomic E-state index is 6.05. The summed E-state index contributed by atoms with van der Waals surface area (Å²) in [7, 11) is 1.70. The molecule has 0 atom stereocenters. The minimum atomic E-state index is 0. The van der Waals surface area contributed by atoms with Crippen molar-refractivity contribution in [2.24, 2.45) is 0 Å². The summed E-state index contributed by atoms with van der Waals surface area (Å²) in [6.07, 6.45) is 0. The lowest BCUT2D eigenvalue weighted by Crippen LogP contribution is -2.14. The molecule has 1 N–H and O–H groups in total. The van der Waals surface area contributed by atoms with Crippen LogP contribution < -0.4 is 14.8 Å². The van der Waals surface area contributed by atoms with Gasteiger partial charge in [-0.3, -0.25) is 0 Å². The number of hydrogen-bond acceptors (Lipinski definition) is 3. The van der Waals surface area contributed by atoms with Crippen molar-refractivity contribution in [3.05, 3.63) is 95.1 Å². The second-order valence-electron chi connectivity index (χ2n) is 6.30. The van der Waals surface area contributed by atoms with Crippen LogP contribution in [0.5, 0.6) is 11.5 Å². The molecule has 0 amide bonds. The van der Waals surface area contributed by atoms with Gasteiger partial charge < -0.3 is 14.8 Å². The Morgan fingerprint density at radius 1 is 0.741 bits per heavy atom. The number of para-hydroxylation sites is 2. The molecule has 0 aliphatic carbocycles. The number of methoxy groups -OCH3 is 1. The predicted molar refractivity (Wildman–Crippen MR) is 113 cm³/mol. The van der Waals surface area contributed by atoms with E-state index in [1.165, 1.54) is 11.1 Å². The molecule has 3 aromatic carbocycles. The summed E-state index contributed by atoms with van der Waals surface area (Å²) in [4.78, 5) is 0. The molecule has 0 aliphatic rings. The number of rotatable bonds is 8. The Morgan fingerprint density at radius 3 is 1.93 bits per heavy atom. The number of aryl methyl sites for hydroxylation is 1. The van der Waals surface area contributed by atoms with E-state index in [4.69, 9.17) is 9.47 Å². The van der Waals surface area contributed by atoms with E-state index in [1.54, 1.807) is 7.11 Å². The van der Waals surface area contributed by atoms with Gasteiger partial charge in [0.25, 0.3) is 0 Å². The fraction of sp³-hybridized carbons (Fsp3) is 0.217. The lowest BCUT2D eigenvalue weighted by Gasteiger charge is -2.13. The van der Waals surface area contributed by atoms with Crippen LogP contribution in [0.4, 0.5) is 0 Å². The zero-order valence-corrected chi connectivity index (χ0v) is 16.6. The third-order valence-corrected chi connectivity index (χ3v) is 4.31. The van der Waals surface area contributed by atoms with Crippen molar-refractivity contribution in [1.82, 2.24) is 5.32 Å². The van der Waals surface area contributed by atoms with Gasteiger partial charge in [0.2, 0.25) is 0 Å². The molecule has 0 heterocycles. The van der Waals surface area contributed by atoms with Crippen molar-refractivity contribution >= 4 is 12.4 Å². The molecule has 3 aromatic rings. The first kappa shape index (κ1) is 20.8. The molecular formula is C23H26ClNO2. The Labute approximate surface area is 167 Å². The molecule has 0 spiro atoms. The van der Waals surface area contributed by atoms with Gasteiger partial charge in [-0.15, -0.1) is 12.4 Å². The van der Waals surface area contributed by atoms with E-state index < -0.39 is 0 Å². The number of halogens is 1. The van der Waals surface area contributed by atoms with Crippen molar-refractivity contribution in [2.45, 2.75) is 26.6 Å². The van der Waals surface area contributed by atoms with E-state index in [2.05, 4.69) is 48.6 Å². The van der Waals surface area contributed by atoms with Gasteiger partial charge in [-0.2, -0.15) is 0 Å². The molecule has 142 valence electrons. The van der Waals surface area contributed by atoms with Gasteiger partial charge in [0.05, 0.1) is 7.11 Å². The van der Waals surface area contributed by atoms with Gasteiger partial charge in [-0.05, 0) is 24.6 Å². The smallest absolute Gasteiger partial charge is 0.124 e. The fourth-order valence-electron chi connectivity index (χ4n) is 2.82. The molecule has 0 aliphatic heterocycles. The van der Waals surface area contributed by atoms with Crippen molar-refractivity contribution in [3.63, 3.8) is 0 Å². The number of benzene rings is 3. The first-order valence-corrected chi connectivity index (χ1v) is 8.85. The largest absolute Gasteiger partial charge is 0.496 e. The third kappa shape index (κ3) is 6.02. The molecule has 0 unspecified atom stereocenters. The summed E-state index contributed by atoms with van der Waals surface area (Å²) in [6, 6.07) is 24.7. The maximum atomic E-state index is 6.05. The van der Waals surface area contributed by atoms with Crippen molar-refractivity contribution in [2.75, 3.05) is 7.11 Å². The highest BCUT2D eigenvalue weighted by molar-refractivity contribution is 5.85. The average molecular weight is 384 g/mol. The zero-order chi connectivity index (χ0) is 18.2. The fourth-order valence-corrected chi connectivity index (χ4v) is 2.82. The zero-order valence-electron chi connectivity index (χ0n) is 15.8. The van der Waals surface area contributed by atoms with Gasteiger partial charge >= 0.3 is 0 Å². The summed E-state index contributed by atoms with van der Waals surface area (Å²) in [5.74, 6) is 1.82. The third-order valence-electron chi connectivity index (χ3n) is 4.31. The molecule has 0 saturated heterocycles. The van der Waals surface area contributed by atoms with Gasteiger partial charge in [-0.1, -0.05) is 66.2 Å². The van der Waals surface area contributed by atoms with Crippen molar-refractivity contribution < 1.29 is 9.47 Å². The Hall–Kier alpha value is -2.49. The molecular weight excluding hydrogens is 358 g/mol. The number of hydrogen-bond donors (Lipinski definition) is 1. The molecule has 0 radical (unpaired) electrons. The average Bonchev–Trinajstić information content (AvgIpc) is 2.69. The lowest BCUT2D eigenvalue weighted by molar-refractivity contribution is 0.302. The maximum Gasteiger partial charge on any atom is 0.124 e. The summed E-state index contributed by atoms with van der Waals surface area (Å²) in [6.45, 7) is 4.15. The van der Waals surface area contributed by atoms with Crippen LogP contribution >= 0.6 is 12.4 Å². The lowest BCUT2D eigenvalue weighted by atomic mass is 10.1. The molecule has 27 heavy (non-hydrogen) atoms. The second kappa shape index (κ2) is 10.6. The Kier molecular flexibility index (Phi) is 8.18. The van der Waals surface area contributed by atoms with Crippen LogP contribution in [-0.2, 0) is 19.7 Å². The Balaban J connectivity index is 0.00000261. The van der Waals surface area contributed by atoms with Crippen molar-refractivity contribution in [3.8, 4) is 11.5 Å². The molecule has 0 fully saturated rings. The summed E-state index contributed by atoms with van der Waals surface area (Å²) < 4.78 is 11.4. The predicted octanol–water partition coefficient (Wildman–Crippen LogP) is 5.29. The Bertz CT molecular complexity index is 834. The van der Waals surface area contributed by atoms with Crippen molar-refractivity contribution in [1.29, 1.82) is 0 Å². The summed E-state index contributed by atoms with van der Waals surface area (Å²) in [5, 5.41) is 3.48. The molecule has 4 heteroatoms. The van der Waals surface area contributed by atoms with E-state index in [0.29, 0.717) is 6.61 Å². The standard InChI is InChI=1S/C23H25NO2.ClH/c1-18-11-13-19(14-12-18)17-26-23-10-6-4-8-21(23)16-24-15-20-7-3-5-9-22(20)25-2;/h3-14,24H,15-17H2,1-2H3;1H. The highest BCUT2D eigenvalue weighted by Gasteiger charge is 2.05. The molecule has 0 bridgehead atoms. The molecule has 0 saturated carbocycles. The Morgan fingerprint density at radius 2 is 1.30 bits per heavy atom. The number of nitrogens with one attached hydrogen (secondary N) is 1. The SMILES string of the molecule is COc1ccccc1CNCc1ccccc1OCc1ccc(C)cc1.Cl. The first-order valence-electron chi connectivity index (χ1n) is 8.85. The minimum absolute atomic E-state index is 0. The topological polar surface area (TPSA) is 30.5 Å². The van der Waals surface area contributed by atoms with Crippen LogP contribution in [0.3, 0.4) is 0 Å². The van der Waals surface area contributed by atoms with Crippen LogP contribution in [-0.4, -0.2) is 7.11 Å². The van der Waals surface area contributed by atoms with Gasteiger partial charge in [-0.25, -0.2) is 0 Å². The quantitative estimate of drug-likeness (QED) is 0.573. The van der Waals surface area contributed by atoms with Crippen LogP contribution in [0.15, 0.2) is 72.8 Å². The second-order valence-corrected chi connectivity index (χ2v) is 6.30. The van der Waals surface area contributed by atoms with Gasteiger partial charge in [0.1, 0.15) is 18.1 Å². The molecule has 3 nitrogen and oxygen atoms in total. The monoisotopic (exact) mass is 383 g/mol. The van der Waals surface area contributed by atoms with E-state index in [-0.39, 0.29) is 12.4 Å². The van der Waals surface area contributed by atoms with E-state index in [9.17, 15) is 0 Å². The van der Waals surface area contributed by atoms with E-state index in [1.807, 2.05) is 36.4 Å². The van der Waals surface area contributed by atoms with Gasteiger partial charge in [0.15, 0.2) is 0 Å². The highest BCUT2D eigenvalue weighted by atomic mass is 35.5. The summed E-state index contributed by atoms with van der Waals surface area (Å²) in [5.41, 5.74) is 4.73. The first-order chi connectivity index (χ1) is 12.8. The van der Waals surface area contributed by atoms with E-state index >= 15 is 0 Å². The summed E-state index contributed by atoms with van der Waals surface area (Å²) >= 11 is 0. The molecule has 0 aromatic heterocycles. The molecule has 3 rings (SSSR count). The highest BCUT2D eigenvalue weighted by Crippen LogP contribution is 2.21. The van der Waals surface area contributed by atoms with E-state index in [0.717, 1.165) is 35.7 Å². The van der Waals surface area contributed by atoms with Crippen LogP contribution in [0, 0.1) is 6.92 Å². The van der Waals surface area contributed by atoms with Crippen LogP contribution in [0.25, 0.3) is 0 Å². The van der Waals surface area contributed by atoms with Gasteiger partial charge in [0, 0.05) is 24.2 Å². The van der Waals surface area contributed by atoms with Crippen LogP contribution in [0.1, 0.15) is 22.3 Å². The van der Waals surface area contributed by atoms with Crippen LogP contribution in [0.2, 0.25) is 0 Å². The normalized spacial score (nSPS) is 10.1. The minimum Gasteiger partial charge on any atom is -0.496 e. The number of ether oxygens (including phenoxy) is 2.